The standard InChI is InChI=1S/C40H66BN13O19/c1-25(39(69)54-6-2-3-27(54)41(72)73)49-35(62)21-48-34(61)20-47-33(60)19-46-32(59)18-45-31(58)17-44-30(57)16-43-29(56)15-42-28(55)5-4-26(40(70)71)53-13-11-51(23-37(65)66)9-7-50(22-36(63)64)8-10-52(12-14-53)24-38(67)68/h25-27,72-73H,2-24H2,1H3,(H,42,55)(H,43,56)(H,44,57)(H,45,58)(H,46,59)(H,47,60)(H,48,61)(H,49,62)(H,63,64)(H,65,66)(H,67,68)(H,70,71)/t25-,26?,27+/m1/s1. The summed E-state index contributed by atoms with van der Waals surface area (Å²) in [5, 5.41) is 75.2. The second kappa shape index (κ2) is 32.8. The molecule has 3 atom stereocenters. The van der Waals surface area contributed by atoms with Crippen LogP contribution in [-0.4, -0.2) is 282 Å². The van der Waals surface area contributed by atoms with Crippen molar-refractivity contribution in [1.82, 2.24) is 67.0 Å². The molecule has 0 bridgehead atoms. The van der Waals surface area contributed by atoms with Crippen LogP contribution in [0.1, 0.15) is 32.6 Å². The van der Waals surface area contributed by atoms with E-state index in [1.807, 2.05) is 0 Å². The maximum Gasteiger partial charge on any atom is 0.475 e. The number of likely N-dealkylation sites (tertiary alicyclic amines) is 1. The molecule has 32 nitrogen and oxygen atoms in total. The molecular formula is C40H66BN13O19. The maximum atomic E-state index is 12.7. The Kier molecular flexibility index (Phi) is 27.9. The summed E-state index contributed by atoms with van der Waals surface area (Å²) in [5.74, 6) is -12.5. The highest BCUT2D eigenvalue weighted by molar-refractivity contribution is 6.43. The van der Waals surface area contributed by atoms with E-state index in [9.17, 15) is 92.8 Å². The average Bonchev–Trinajstić information content (AvgIpc) is 3.82. The molecule has 33 heteroatoms. The molecule has 14 N–H and O–H groups in total. The minimum absolute atomic E-state index is 0.0124. The molecule has 0 aliphatic carbocycles. The highest BCUT2D eigenvalue weighted by atomic mass is 16.4. The lowest BCUT2D eigenvalue weighted by molar-refractivity contribution is -0.145. The average molecular weight is 1040 g/mol. The predicted octanol–water partition coefficient (Wildman–Crippen LogP) is -9.98. The largest absolute Gasteiger partial charge is 0.480 e. The zero-order valence-electron chi connectivity index (χ0n) is 40.3. The van der Waals surface area contributed by atoms with Crippen LogP contribution < -0.4 is 42.5 Å². The first-order valence-electron chi connectivity index (χ1n) is 23.1. The van der Waals surface area contributed by atoms with Gasteiger partial charge in [0.2, 0.25) is 53.2 Å². The third-order valence-corrected chi connectivity index (χ3v) is 11.1. The van der Waals surface area contributed by atoms with Gasteiger partial charge in [-0.25, -0.2) is 0 Å². The predicted molar refractivity (Wildman–Crippen MR) is 248 cm³/mol. The maximum absolute atomic E-state index is 12.7. The van der Waals surface area contributed by atoms with E-state index in [1.54, 1.807) is 4.90 Å². The van der Waals surface area contributed by atoms with Gasteiger partial charge in [0.25, 0.3) is 0 Å². The normalized spacial score (nSPS) is 16.9. The number of carboxylic acids is 4. The fourth-order valence-electron chi connectivity index (χ4n) is 7.34. The van der Waals surface area contributed by atoms with Crippen LogP contribution >= 0.6 is 0 Å². The smallest absolute Gasteiger partial charge is 0.475 e. The molecule has 1 unspecified atom stereocenters. The lowest BCUT2D eigenvalue weighted by Crippen LogP contribution is -2.54. The van der Waals surface area contributed by atoms with Gasteiger partial charge in [-0.05, 0) is 26.2 Å². The zero-order chi connectivity index (χ0) is 54.6. The van der Waals surface area contributed by atoms with Crippen molar-refractivity contribution in [2.24, 2.45) is 0 Å². The molecule has 73 heavy (non-hydrogen) atoms. The van der Waals surface area contributed by atoms with Crippen LogP contribution in [0.3, 0.4) is 0 Å². The van der Waals surface area contributed by atoms with Crippen molar-refractivity contribution in [3.05, 3.63) is 0 Å². The summed E-state index contributed by atoms with van der Waals surface area (Å²) < 4.78 is 0. The van der Waals surface area contributed by atoms with E-state index < -0.39 is 161 Å². The minimum Gasteiger partial charge on any atom is -0.480 e. The summed E-state index contributed by atoms with van der Waals surface area (Å²) in [6.07, 6.45) is 0.289. The van der Waals surface area contributed by atoms with Crippen molar-refractivity contribution < 1.29 is 92.8 Å². The molecule has 2 fully saturated rings. The third kappa shape index (κ3) is 26.3. The number of nitrogens with one attached hydrogen (secondary N) is 8. The molecule has 408 valence electrons. The lowest BCUT2D eigenvalue weighted by atomic mass is 9.78. The van der Waals surface area contributed by atoms with Crippen LogP contribution in [0.4, 0.5) is 0 Å². The SMILES string of the molecule is C[C@@H](NC(=O)CNC(=O)CNC(=O)CNC(=O)CNC(=O)CNC(=O)CNC(=O)CNC(=O)CCC(C(=O)O)N1CCN(CC(=O)O)CCN(CC(=O)O)CCN(CC(=O)O)CC1)C(=O)N1CCC[C@H]1B(O)O. The molecule has 2 aliphatic rings. The number of hydrogen-bond donors (Lipinski definition) is 14. The number of hydrogen-bond acceptors (Lipinski definition) is 19. The molecule has 2 rings (SSSR count). The van der Waals surface area contributed by atoms with Gasteiger partial charge in [0.15, 0.2) is 0 Å². The zero-order valence-corrected chi connectivity index (χ0v) is 40.3. The van der Waals surface area contributed by atoms with Gasteiger partial charge in [0, 0.05) is 65.3 Å². The molecule has 0 saturated carbocycles. The van der Waals surface area contributed by atoms with E-state index >= 15 is 0 Å². The van der Waals surface area contributed by atoms with Crippen molar-refractivity contribution in [3.63, 3.8) is 0 Å². The first-order valence-corrected chi connectivity index (χ1v) is 23.1. The lowest BCUT2D eigenvalue weighted by Gasteiger charge is -2.35. The molecule has 2 heterocycles. The second-order valence-corrected chi connectivity index (χ2v) is 16.8. The van der Waals surface area contributed by atoms with Gasteiger partial charge in [-0.15, -0.1) is 0 Å². The Balaban J connectivity index is 1.69. The number of rotatable bonds is 28. The van der Waals surface area contributed by atoms with Crippen molar-refractivity contribution >= 4 is 84.2 Å². The Morgan fingerprint density at radius 3 is 1.14 bits per heavy atom. The summed E-state index contributed by atoms with van der Waals surface area (Å²) in [6, 6.07) is -2.32. The molecule has 0 aromatic heterocycles. The van der Waals surface area contributed by atoms with Gasteiger partial charge < -0.3 is 77.9 Å². The van der Waals surface area contributed by atoms with Crippen LogP contribution in [0.2, 0.25) is 0 Å². The highest BCUT2D eigenvalue weighted by Gasteiger charge is 2.38. The van der Waals surface area contributed by atoms with Crippen LogP contribution in [0.15, 0.2) is 0 Å². The molecule has 9 amide bonds. The Labute approximate surface area is 418 Å². The van der Waals surface area contributed by atoms with E-state index in [-0.39, 0.29) is 78.3 Å². The third-order valence-electron chi connectivity index (χ3n) is 11.1. The molecule has 0 aromatic rings. The molecule has 0 aromatic carbocycles. The fourth-order valence-corrected chi connectivity index (χ4v) is 7.34. The molecular weight excluding hydrogens is 977 g/mol. The van der Waals surface area contributed by atoms with Crippen molar-refractivity contribution in [2.75, 3.05) is 124 Å². The number of amides is 9. The van der Waals surface area contributed by atoms with Crippen LogP contribution in [-0.2, 0) is 62.3 Å². The Bertz CT molecular complexity index is 1950. The number of aliphatic carboxylic acids is 4. The molecule has 2 saturated heterocycles. The number of carboxylic acid groups (broad SMARTS) is 4. The summed E-state index contributed by atoms with van der Waals surface area (Å²) in [4.78, 5) is 165. The van der Waals surface area contributed by atoms with Crippen LogP contribution in [0.5, 0.6) is 0 Å². The van der Waals surface area contributed by atoms with E-state index in [0.717, 1.165) is 0 Å². The minimum atomic E-state index is -1.73. The summed E-state index contributed by atoms with van der Waals surface area (Å²) in [6.45, 7) is -3.24. The van der Waals surface area contributed by atoms with Crippen molar-refractivity contribution in [3.8, 4) is 0 Å². The van der Waals surface area contributed by atoms with E-state index in [4.69, 9.17) is 0 Å². The number of carbonyl (C=O) groups is 13. The first kappa shape index (κ1) is 62.1. The summed E-state index contributed by atoms with van der Waals surface area (Å²) in [7, 11) is -1.73. The topological polar surface area (TPSA) is 456 Å². The van der Waals surface area contributed by atoms with Gasteiger partial charge in [0.1, 0.15) is 12.1 Å². The molecule has 0 radical (unpaired) electrons. The second-order valence-electron chi connectivity index (χ2n) is 16.8. The Morgan fingerprint density at radius 1 is 0.479 bits per heavy atom. The first-order chi connectivity index (χ1) is 34.4. The summed E-state index contributed by atoms with van der Waals surface area (Å²) >= 11 is 0. The van der Waals surface area contributed by atoms with Gasteiger partial charge in [0.05, 0.1) is 71.4 Å². The quantitative estimate of drug-likeness (QED) is 0.0324. The van der Waals surface area contributed by atoms with E-state index in [2.05, 4.69) is 42.5 Å². The van der Waals surface area contributed by atoms with Crippen molar-refractivity contribution in [1.29, 1.82) is 0 Å². The van der Waals surface area contributed by atoms with Crippen LogP contribution in [0.25, 0.3) is 0 Å². The van der Waals surface area contributed by atoms with E-state index in [0.29, 0.717) is 12.8 Å². The molecule has 2 aliphatic heterocycles. The fraction of sp³-hybridized carbons (Fsp3) is 0.675. The van der Waals surface area contributed by atoms with Gasteiger partial charge in [-0.2, -0.15) is 0 Å². The van der Waals surface area contributed by atoms with Crippen LogP contribution in [0, 0.1) is 0 Å². The van der Waals surface area contributed by atoms with Gasteiger partial charge >= 0.3 is 31.0 Å². The summed E-state index contributed by atoms with van der Waals surface area (Å²) in [5.41, 5.74) is 0. The monoisotopic (exact) mass is 1040 g/mol. The van der Waals surface area contributed by atoms with Gasteiger partial charge in [-0.1, -0.05) is 0 Å². The molecule has 0 spiro atoms. The van der Waals surface area contributed by atoms with Gasteiger partial charge in [-0.3, -0.25) is 81.9 Å². The number of nitrogens with zero attached hydrogens (tertiary/aromatic N) is 5. The Hall–Kier alpha value is -7.07. The Morgan fingerprint density at radius 2 is 0.808 bits per heavy atom. The highest BCUT2D eigenvalue weighted by Crippen LogP contribution is 2.19. The van der Waals surface area contributed by atoms with Crippen molar-refractivity contribution in [2.45, 2.75) is 50.6 Å². The van der Waals surface area contributed by atoms with E-state index in [1.165, 1.54) is 26.5 Å². The number of carbonyl (C=O) groups excluding carboxylic acids is 9.